The van der Waals surface area contributed by atoms with Crippen LogP contribution in [-0.4, -0.2) is 23.3 Å². The van der Waals surface area contributed by atoms with Crippen molar-refractivity contribution in [3.8, 4) is 0 Å². The van der Waals surface area contributed by atoms with Gasteiger partial charge in [0.15, 0.2) is 5.78 Å². The molecular weight excluding hydrogens is 206 g/mol. The third-order valence-electron chi connectivity index (χ3n) is 2.22. The highest BCUT2D eigenvalue weighted by molar-refractivity contribution is 6.04. The summed E-state index contributed by atoms with van der Waals surface area (Å²) in [7, 11) is 0. The SMILES string of the molecule is CC(=O)COC(=O)c1c[nH]c2ccccc12. The lowest BCUT2D eigenvalue weighted by molar-refractivity contribution is -0.120. The molecule has 1 heterocycles. The van der Waals surface area contributed by atoms with Crippen LogP contribution in [0.15, 0.2) is 30.5 Å². The second-order valence-corrected chi connectivity index (χ2v) is 3.53. The fraction of sp³-hybridized carbons (Fsp3) is 0.167. The summed E-state index contributed by atoms with van der Waals surface area (Å²) in [4.78, 5) is 25.3. The van der Waals surface area contributed by atoms with E-state index < -0.39 is 5.97 Å². The van der Waals surface area contributed by atoms with Crippen LogP contribution in [0, 0.1) is 0 Å². The first-order valence-electron chi connectivity index (χ1n) is 4.91. The van der Waals surface area contributed by atoms with Gasteiger partial charge in [0, 0.05) is 17.1 Å². The quantitative estimate of drug-likeness (QED) is 0.799. The van der Waals surface area contributed by atoms with Gasteiger partial charge in [-0.25, -0.2) is 4.79 Å². The highest BCUT2D eigenvalue weighted by Gasteiger charge is 2.13. The van der Waals surface area contributed by atoms with Gasteiger partial charge in [0.05, 0.1) is 5.56 Å². The lowest BCUT2D eigenvalue weighted by Crippen LogP contribution is -2.10. The molecule has 2 aromatic rings. The van der Waals surface area contributed by atoms with Gasteiger partial charge in [0.2, 0.25) is 0 Å². The Labute approximate surface area is 92.2 Å². The second-order valence-electron chi connectivity index (χ2n) is 3.53. The van der Waals surface area contributed by atoms with Gasteiger partial charge in [-0.05, 0) is 13.0 Å². The van der Waals surface area contributed by atoms with Gasteiger partial charge in [0.25, 0.3) is 0 Å². The van der Waals surface area contributed by atoms with E-state index in [0.717, 1.165) is 10.9 Å². The number of esters is 1. The number of fused-ring (bicyclic) bond motifs is 1. The van der Waals surface area contributed by atoms with Crippen LogP contribution in [0.2, 0.25) is 0 Å². The Hall–Kier alpha value is -2.10. The summed E-state index contributed by atoms with van der Waals surface area (Å²) in [6.07, 6.45) is 1.59. The number of H-pyrrole nitrogens is 1. The number of carbonyl (C=O) groups excluding carboxylic acids is 2. The first-order valence-corrected chi connectivity index (χ1v) is 4.91. The molecule has 2 rings (SSSR count). The molecular formula is C12H11NO3. The Bertz CT molecular complexity index is 542. The maximum absolute atomic E-state index is 11.6. The normalized spacial score (nSPS) is 10.3. The van der Waals surface area contributed by atoms with Gasteiger partial charge < -0.3 is 9.72 Å². The highest BCUT2D eigenvalue weighted by Crippen LogP contribution is 2.18. The molecule has 1 aromatic carbocycles. The fourth-order valence-corrected chi connectivity index (χ4v) is 1.49. The highest BCUT2D eigenvalue weighted by atomic mass is 16.5. The summed E-state index contributed by atoms with van der Waals surface area (Å²) in [6, 6.07) is 7.43. The van der Waals surface area contributed by atoms with Crippen LogP contribution in [-0.2, 0) is 9.53 Å². The molecule has 0 radical (unpaired) electrons. The van der Waals surface area contributed by atoms with Crippen LogP contribution in [0.25, 0.3) is 10.9 Å². The number of nitrogens with one attached hydrogen (secondary N) is 1. The summed E-state index contributed by atoms with van der Waals surface area (Å²) in [5.41, 5.74) is 1.33. The number of ether oxygens (including phenoxy) is 1. The van der Waals surface area contributed by atoms with Crippen LogP contribution >= 0.6 is 0 Å². The Balaban J connectivity index is 2.26. The molecule has 0 amide bonds. The van der Waals surface area contributed by atoms with E-state index in [1.54, 1.807) is 6.20 Å². The van der Waals surface area contributed by atoms with Crippen molar-refractivity contribution in [1.29, 1.82) is 0 Å². The van der Waals surface area contributed by atoms with Crippen molar-refractivity contribution < 1.29 is 14.3 Å². The third-order valence-corrected chi connectivity index (χ3v) is 2.22. The van der Waals surface area contributed by atoms with Crippen LogP contribution in [0.1, 0.15) is 17.3 Å². The minimum atomic E-state index is -0.479. The largest absolute Gasteiger partial charge is 0.454 e. The second kappa shape index (κ2) is 4.18. The number of ketones is 1. The lowest BCUT2D eigenvalue weighted by Gasteiger charge is -2.00. The van der Waals surface area contributed by atoms with E-state index in [1.807, 2.05) is 24.3 Å². The summed E-state index contributed by atoms with van der Waals surface area (Å²) < 4.78 is 4.85. The Morgan fingerprint density at radius 2 is 2.06 bits per heavy atom. The van der Waals surface area contributed by atoms with Crippen molar-refractivity contribution in [2.75, 3.05) is 6.61 Å². The molecule has 82 valence electrons. The molecule has 1 aromatic heterocycles. The van der Waals surface area contributed by atoms with Gasteiger partial charge in [0.1, 0.15) is 6.61 Å². The first kappa shape index (κ1) is 10.4. The van der Waals surface area contributed by atoms with Gasteiger partial charge in [-0.2, -0.15) is 0 Å². The van der Waals surface area contributed by atoms with E-state index >= 15 is 0 Å². The first-order chi connectivity index (χ1) is 7.68. The van der Waals surface area contributed by atoms with Crippen LogP contribution in [0.4, 0.5) is 0 Å². The lowest BCUT2D eigenvalue weighted by atomic mass is 10.2. The van der Waals surface area contributed by atoms with Gasteiger partial charge in [-0.15, -0.1) is 0 Å². The molecule has 0 unspecified atom stereocenters. The molecule has 0 fully saturated rings. The zero-order valence-electron chi connectivity index (χ0n) is 8.82. The third kappa shape index (κ3) is 1.95. The maximum atomic E-state index is 11.6. The van der Waals surface area contributed by atoms with E-state index in [9.17, 15) is 9.59 Å². The van der Waals surface area contributed by atoms with Gasteiger partial charge in [-0.1, -0.05) is 18.2 Å². The number of benzene rings is 1. The van der Waals surface area contributed by atoms with Crippen LogP contribution in [0.3, 0.4) is 0 Å². The number of hydrogen-bond acceptors (Lipinski definition) is 3. The summed E-state index contributed by atoms with van der Waals surface area (Å²) in [6.45, 7) is 1.20. The molecule has 16 heavy (non-hydrogen) atoms. The minimum Gasteiger partial charge on any atom is -0.454 e. The number of para-hydroxylation sites is 1. The maximum Gasteiger partial charge on any atom is 0.340 e. The smallest absolute Gasteiger partial charge is 0.340 e. The van der Waals surface area contributed by atoms with Crippen molar-refractivity contribution in [3.05, 3.63) is 36.0 Å². The predicted octanol–water partition coefficient (Wildman–Crippen LogP) is 1.91. The average molecular weight is 217 g/mol. The van der Waals surface area contributed by atoms with Crippen molar-refractivity contribution in [2.45, 2.75) is 6.92 Å². The molecule has 0 aliphatic carbocycles. The summed E-state index contributed by atoms with van der Waals surface area (Å²) in [5.74, 6) is -0.652. The molecule has 4 nitrogen and oxygen atoms in total. The van der Waals surface area contributed by atoms with E-state index in [1.165, 1.54) is 6.92 Å². The molecule has 0 spiro atoms. The molecule has 0 bridgehead atoms. The van der Waals surface area contributed by atoms with E-state index in [0.29, 0.717) is 5.56 Å². The standard InChI is InChI=1S/C12H11NO3/c1-8(14)7-16-12(15)10-6-13-11-5-3-2-4-9(10)11/h2-6,13H,7H2,1H3. The molecule has 0 saturated carbocycles. The number of hydrogen-bond donors (Lipinski definition) is 1. The number of rotatable bonds is 3. The molecule has 4 heteroatoms. The summed E-state index contributed by atoms with van der Waals surface area (Å²) in [5, 5.41) is 0.802. The predicted molar refractivity (Wildman–Crippen MR) is 59.3 cm³/mol. The van der Waals surface area contributed by atoms with Crippen molar-refractivity contribution in [2.24, 2.45) is 0 Å². The van der Waals surface area contributed by atoms with Crippen molar-refractivity contribution in [3.63, 3.8) is 0 Å². The topological polar surface area (TPSA) is 59.2 Å². The Morgan fingerprint density at radius 1 is 1.31 bits per heavy atom. The number of aromatic nitrogens is 1. The van der Waals surface area contributed by atoms with Gasteiger partial charge in [-0.3, -0.25) is 4.79 Å². The fourth-order valence-electron chi connectivity index (χ4n) is 1.49. The van der Waals surface area contributed by atoms with Crippen LogP contribution in [0.5, 0.6) is 0 Å². The average Bonchev–Trinajstić information content (AvgIpc) is 2.69. The Kier molecular flexibility index (Phi) is 2.72. The van der Waals surface area contributed by atoms with E-state index in [2.05, 4.69) is 4.98 Å². The molecule has 0 aliphatic rings. The van der Waals surface area contributed by atoms with Crippen molar-refractivity contribution in [1.82, 2.24) is 4.98 Å². The molecule has 0 atom stereocenters. The Morgan fingerprint density at radius 3 is 2.81 bits per heavy atom. The monoisotopic (exact) mass is 217 g/mol. The molecule has 0 aliphatic heterocycles. The number of aromatic amines is 1. The zero-order chi connectivity index (χ0) is 11.5. The minimum absolute atomic E-state index is 0.173. The van der Waals surface area contributed by atoms with Gasteiger partial charge >= 0.3 is 5.97 Å². The number of Topliss-reactive ketones (excluding diaryl/α,β-unsaturated/α-hetero) is 1. The summed E-state index contributed by atoms with van der Waals surface area (Å²) >= 11 is 0. The van der Waals surface area contributed by atoms with E-state index in [4.69, 9.17) is 4.74 Å². The number of carbonyl (C=O) groups is 2. The van der Waals surface area contributed by atoms with E-state index in [-0.39, 0.29) is 12.4 Å². The zero-order valence-corrected chi connectivity index (χ0v) is 8.82. The molecule has 1 N–H and O–H groups in total. The van der Waals surface area contributed by atoms with Crippen molar-refractivity contribution >= 4 is 22.7 Å². The molecule has 0 saturated heterocycles. The van der Waals surface area contributed by atoms with Crippen LogP contribution < -0.4 is 0 Å².